The number of anilines is 3. The average molecular weight is 493 g/mol. The van der Waals surface area contributed by atoms with E-state index >= 15 is 0 Å². The van der Waals surface area contributed by atoms with Crippen LogP contribution in [0.3, 0.4) is 0 Å². The number of hydrogen-bond donors (Lipinski definition) is 4. The van der Waals surface area contributed by atoms with E-state index in [4.69, 9.17) is 0 Å². The maximum atomic E-state index is 13.5. The molecule has 2 aliphatic rings. The number of piperidine rings is 1. The van der Waals surface area contributed by atoms with E-state index in [1.165, 1.54) is 13.8 Å². The molecule has 1 fully saturated rings. The molecule has 190 valence electrons. The second-order valence-corrected chi connectivity index (χ2v) is 9.69. The minimum Gasteiger partial charge on any atom is -0.383 e. The van der Waals surface area contributed by atoms with E-state index in [-0.39, 0.29) is 30.1 Å². The number of alkyl halides is 3. The van der Waals surface area contributed by atoms with Gasteiger partial charge >= 0.3 is 6.18 Å². The van der Waals surface area contributed by atoms with Gasteiger partial charge in [0.25, 0.3) is 0 Å². The zero-order valence-corrected chi connectivity index (χ0v) is 19.9. The molecule has 0 radical (unpaired) electrons. The van der Waals surface area contributed by atoms with Gasteiger partial charge in [0.05, 0.1) is 6.54 Å². The Morgan fingerprint density at radius 3 is 2.77 bits per heavy atom. The smallest absolute Gasteiger partial charge is 0.383 e. The predicted octanol–water partition coefficient (Wildman–Crippen LogP) is 3.10. The van der Waals surface area contributed by atoms with Crippen molar-refractivity contribution in [3.8, 4) is 0 Å². The van der Waals surface area contributed by atoms with Gasteiger partial charge in [-0.05, 0) is 62.9 Å². The number of carbonyl (C=O) groups excluding carboxylic acids is 1. The standard InChI is InChI=1S/C24H31F3N6O2/c1-23(2,35)20(34)14-33-9-7-15-10-17(6-5-16(15)13-33)31-22-29-12-19(24(25,26)27)21(32-22)30-18-4-3-8-28-11-18/h5-6,10,12,18,28,35H,3-4,7-9,11,13-14H2,1-2H3,(H2,29,30,31,32)/t18-/m0/s1. The van der Waals surface area contributed by atoms with E-state index in [9.17, 15) is 23.1 Å². The summed E-state index contributed by atoms with van der Waals surface area (Å²) < 4.78 is 40.6. The lowest BCUT2D eigenvalue weighted by atomic mass is 9.97. The first-order valence-electron chi connectivity index (χ1n) is 11.8. The molecule has 0 spiro atoms. The first-order valence-corrected chi connectivity index (χ1v) is 11.8. The highest BCUT2D eigenvalue weighted by Crippen LogP contribution is 2.35. The molecule has 1 aromatic heterocycles. The number of nitrogens with zero attached hydrogens (tertiary/aromatic N) is 3. The van der Waals surface area contributed by atoms with Gasteiger partial charge in [0.15, 0.2) is 5.78 Å². The Morgan fingerprint density at radius 1 is 1.29 bits per heavy atom. The molecule has 0 unspecified atom stereocenters. The average Bonchev–Trinajstić information content (AvgIpc) is 2.78. The molecule has 2 aromatic rings. The molecule has 8 nitrogen and oxygen atoms in total. The maximum absolute atomic E-state index is 13.5. The van der Waals surface area contributed by atoms with E-state index in [0.29, 0.717) is 31.7 Å². The van der Waals surface area contributed by atoms with Crippen molar-refractivity contribution >= 4 is 23.2 Å². The van der Waals surface area contributed by atoms with Crippen LogP contribution in [0.25, 0.3) is 0 Å². The number of hydrogen-bond acceptors (Lipinski definition) is 8. The van der Waals surface area contributed by atoms with Crippen molar-refractivity contribution in [2.75, 3.05) is 36.8 Å². The van der Waals surface area contributed by atoms with Crippen LogP contribution in [0.4, 0.5) is 30.6 Å². The molecule has 0 amide bonds. The molecule has 3 heterocycles. The van der Waals surface area contributed by atoms with Crippen molar-refractivity contribution in [3.63, 3.8) is 0 Å². The van der Waals surface area contributed by atoms with Gasteiger partial charge in [-0.3, -0.25) is 9.69 Å². The van der Waals surface area contributed by atoms with E-state index in [2.05, 4.69) is 25.9 Å². The van der Waals surface area contributed by atoms with Crippen LogP contribution in [0.15, 0.2) is 24.4 Å². The Bertz CT molecular complexity index is 1060. The summed E-state index contributed by atoms with van der Waals surface area (Å²) in [5.74, 6) is -0.377. The van der Waals surface area contributed by atoms with E-state index < -0.39 is 17.3 Å². The highest BCUT2D eigenvalue weighted by Gasteiger charge is 2.36. The number of ketones is 1. The first-order chi connectivity index (χ1) is 16.5. The number of benzene rings is 1. The second kappa shape index (κ2) is 10.1. The highest BCUT2D eigenvalue weighted by molar-refractivity contribution is 5.88. The van der Waals surface area contributed by atoms with Gasteiger partial charge < -0.3 is 21.1 Å². The summed E-state index contributed by atoms with van der Waals surface area (Å²) in [5, 5.41) is 19.0. The van der Waals surface area contributed by atoms with Crippen molar-refractivity contribution in [1.82, 2.24) is 20.2 Å². The summed E-state index contributed by atoms with van der Waals surface area (Å²) in [7, 11) is 0. The number of halogens is 3. The molecule has 0 saturated carbocycles. The van der Waals surface area contributed by atoms with Gasteiger partial charge in [0.2, 0.25) is 5.95 Å². The normalized spacial score (nSPS) is 19.2. The van der Waals surface area contributed by atoms with Gasteiger partial charge in [-0.25, -0.2) is 4.98 Å². The second-order valence-electron chi connectivity index (χ2n) is 9.69. The zero-order chi connectivity index (χ0) is 25.2. The van der Waals surface area contributed by atoms with Crippen LogP contribution in [0.2, 0.25) is 0 Å². The molecular weight excluding hydrogens is 461 g/mol. The molecule has 4 rings (SSSR count). The summed E-state index contributed by atoms with van der Waals surface area (Å²) in [6.45, 7) is 5.83. The summed E-state index contributed by atoms with van der Waals surface area (Å²) in [6, 6.07) is 5.54. The third kappa shape index (κ3) is 6.47. The molecule has 0 bridgehead atoms. The summed E-state index contributed by atoms with van der Waals surface area (Å²) in [6.07, 6.45) is -1.40. The third-order valence-corrected chi connectivity index (χ3v) is 6.34. The fraction of sp³-hybridized carbons (Fsp3) is 0.542. The lowest BCUT2D eigenvalue weighted by Crippen LogP contribution is -2.42. The maximum Gasteiger partial charge on any atom is 0.421 e. The van der Waals surface area contributed by atoms with E-state index in [0.717, 1.165) is 36.7 Å². The lowest BCUT2D eigenvalue weighted by Gasteiger charge is -2.30. The van der Waals surface area contributed by atoms with Crippen molar-refractivity contribution in [2.24, 2.45) is 0 Å². The number of fused-ring (bicyclic) bond motifs is 1. The molecule has 1 saturated heterocycles. The Kier molecular flexibility index (Phi) is 7.30. The molecule has 11 heteroatoms. The van der Waals surface area contributed by atoms with Crippen molar-refractivity contribution in [3.05, 3.63) is 41.1 Å². The van der Waals surface area contributed by atoms with Gasteiger partial charge in [0.1, 0.15) is 17.0 Å². The Morgan fingerprint density at radius 2 is 2.09 bits per heavy atom. The molecule has 1 atom stereocenters. The minimum absolute atomic E-state index is 0.0810. The van der Waals surface area contributed by atoms with E-state index in [1.54, 1.807) is 0 Å². The quantitative estimate of drug-likeness (QED) is 0.468. The number of rotatable bonds is 7. The van der Waals surface area contributed by atoms with Gasteiger partial charge in [-0.15, -0.1) is 0 Å². The van der Waals surface area contributed by atoms with Gasteiger partial charge in [0, 0.05) is 37.6 Å². The first kappa shape index (κ1) is 25.3. The Labute approximate surface area is 202 Å². The number of nitrogens with one attached hydrogen (secondary N) is 3. The number of aliphatic hydroxyl groups is 1. The lowest BCUT2D eigenvalue weighted by molar-refractivity contribution is -0.137. The SMILES string of the molecule is CC(C)(O)C(=O)CN1CCc2cc(Nc3ncc(C(F)(F)F)c(N[C@H]4CCCNC4)n3)ccc2C1. The van der Waals surface area contributed by atoms with Gasteiger partial charge in [-0.1, -0.05) is 6.07 Å². The van der Waals surface area contributed by atoms with E-state index in [1.807, 2.05) is 23.1 Å². The molecule has 0 aliphatic carbocycles. The summed E-state index contributed by atoms with van der Waals surface area (Å²) in [4.78, 5) is 22.2. The van der Waals surface area contributed by atoms with Crippen LogP contribution in [0.1, 0.15) is 43.4 Å². The molecule has 2 aliphatic heterocycles. The Hall–Kier alpha value is -2.76. The molecule has 35 heavy (non-hydrogen) atoms. The molecule has 1 aromatic carbocycles. The molecule has 4 N–H and O–H groups in total. The Balaban J connectivity index is 1.47. The number of carbonyl (C=O) groups is 1. The topological polar surface area (TPSA) is 102 Å². The summed E-state index contributed by atoms with van der Waals surface area (Å²) >= 11 is 0. The van der Waals surface area contributed by atoms with Crippen LogP contribution in [-0.4, -0.2) is 63.6 Å². The minimum atomic E-state index is -4.56. The van der Waals surface area contributed by atoms with Crippen LogP contribution < -0.4 is 16.0 Å². The number of Topliss-reactive ketones (excluding diaryl/α,β-unsaturated/α-hetero) is 1. The zero-order valence-electron chi connectivity index (χ0n) is 19.9. The van der Waals surface area contributed by atoms with Crippen LogP contribution in [0, 0.1) is 0 Å². The fourth-order valence-corrected chi connectivity index (χ4v) is 4.28. The van der Waals surface area contributed by atoms with Crippen molar-refractivity contribution < 1.29 is 23.1 Å². The van der Waals surface area contributed by atoms with Crippen molar-refractivity contribution in [2.45, 2.75) is 57.5 Å². The van der Waals surface area contributed by atoms with Crippen LogP contribution in [0.5, 0.6) is 0 Å². The fourth-order valence-electron chi connectivity index (χ4n) is 4.28. The van der Waals surface area contributed by atoms with Crippen LogP contribution >= 0.6 is 0 Å². The number of aromatic nitrogens is 2. The van der Waals surface area contributed by atoms with Crippen molar-refractivity contribution in [1.29, 1.82) is 0 Å². The largest absolute Gasteiger partial charge is 0.421 e. The monoisotopic (exact) mass is 492 g/mol. The summed E-state index contributed by atoms with van der Waals surface area (Å²) in [5.41, 5.74) is 0.567. The van der Waals surface area contributed by atoms with Gasteiger partial charge in [-0.2, -0.15) is 18.2 Å². The van der Waals surface area contributed by atoms with Crippen LogP contribution in [-0.2, 0) is 23.9 Å². The molecular formula is C24H31F3N6O2. The highest BCUT2D eigenvalue weighted by atomic mass is 19.4. The third-order valence-electron chi connectivity index (χ3n) is 6.34. The predicted molar refractivity (Wildman–Crippen MR) is 127 cm³/mol.